The minimum Gasteiger partial charge on any atom is -0.508 e. The summed E-state index contributed by atoms with van der Waals surface area (Å²) in [7, 11) is 0. The van der Waals surface area contributed by atoms with Crippen molar-refractivity contribution in [1.82, 2.24) is 9.97 Å². The van der Waals surface area contributed by atoms with Crippen molar-refractivity contribution in [2.24, 2.45) is 5.10 Å². The Balaban J connectivity index is 1.77. The summed E-state index contributed by atoms with van der Waals surface area (Å²) in [6.07, 6.45) is 3.97. The van der Waals surface area contributed by atoms with Crippen molar-refractivity contribution in [1.29, 1.82) is 5.26 Å². The summed E-state index contributed by atoms with van der Waals surface area (Å²) in [4.78, 5) is 8.64. The second kappa shape index (κ2) is 6.65. The van der Waals surface area contributed by atoms with Crippen molar-refractivity contribution in [3.63, 3.8) is 0 Å². The van der Waals surface area contributed by atoms with Gasteiger partial charge in [0.05, 0.1) is 23.4 Å². The molecule has 0 bridgehead atoms. The van der Waals surface area contributed by atoms with Gasteiger partial charge in [-0.05, 0) is 35.9 Å². The van der Waals surface area contributed by atoms with E-state index < -0.39 is 0 Å². The molecule has 2 aromatic carbocycles. The van der Waals surface area contributed by atoms with Gasteiger partial charge in [0, 0.05) is 24.4 Å². The van der Waals surface area contributed by atoms with Crippen LogP contribution in [-0.2, 0) is 0 Å². The molecule has 1 aliphatic heterocycles. The SMILES string of the molecule is N#Cc1cccc(C2CC(c3cccc(O)c3)=NN2c2ncccn2)c1. The summed E-state index contributed by atoms with van der Waals surface area (Å²) in [6.45, 7) is 0. The molecule has 2 heterocycles. The van der Waals surface area contributed by atoms with Gasteiger partial charge in [0.15, 0.2) is 0 Å². The van der Waals surface area contributed by atoms with E-state index in [4.69, 9.17) is 5.10 Å². The normalized spacial score (nSPS) is 16.2. The molecule has 26 heavy (non-hydrogen) atoms. The Hall–Kier alpha value is -3.72. The molecule has 0 spiro atoms. The van der Waals surface area contributed by atoms with E-state index in [1.807, 2.05) is 24.3 Å². The lowest BCUT2D eigenvalue weighted by atomic mass is 9.97. The average molecular weight is 341 g/mol. The van der Waals surface area contributed by atoms with E-state index >= 15 is 0 Å². The van der Waals surface area contributed by atoms with Crippen molar-refractivity contribution in [2.75, 3.05) is 5.01 Å². The van der Waals surface area contributed by atoms with Crippen LogP contribution in [0.4, 0.5) is 5.95 Å². The Morgan fingerprint density at radius 3 is 2.62 bits per heavy atom. The molecule has 6 heteroatoms. The van der Waals surface area contributed by atoms with E-state index in [0.717, 1.165) is 16.8 Å². The van der Waals surface area contributed by atoms with Crippen LogP contribution in [0.1, 0.15) is 29.2 Å². The minimum atomic E-state index is -0.122. The van der Waals surface area contributed by atoms with Gasteiger partial charge in [-0.2, -0.15) is 10.4 Å². The number of anilines is 1. The van der Waals surface area contributed by atoms with Gasteiger partial charge in [-0.3, -0.25) is 0 Å². The van der Waals surface area contributed by atoms with Gasteiger partial charge in [0.1, 0.15) is 5.75 Å². The fourth-order valence-corrected chi connectivity index (χ4v) is 3.04. The van der Waals surface area contributed by atoms with Crippen LogP contribution in [0, 0.1) is 11.3 Å². The van der Waals surface area contributed by atoms with Crippen LogP contribution >= 0.6 is 0 Å². The summed E-state index contributed by atoms with van der Waals surface area (Å²) in [5.41, 5.74) is 3.25. The number of hydrogen-bond donors (Lipinski definition) is 1. The zero-order valence-electron chi connectivity index (χ0n) is 13.8. The zero-order chi connectivity index (χ0) is 17.9. The number of aromatic hydroxyl groups is 1. The van der Waals surface area contributed by atoms with Gasteiger partial charge >= 0.3 is 0 Å². The topological polar surface area (TPSA) is 85.4 Å². The quantitative estimate of drug-likeness (QED) is 0.789. The molecule has 3 aromatic rings. The zero-order valence-corrected chi connectivity index (χ0v) is 13.8. The first-order valence-corrected chi connectivity index (χ1v) is 8.18. The van der Waals surface area contributed by atoms with E-state index in [0.29, 0.717) is 17.9 Å². The molecular formula is C20H15N5O. The van der Waals surface area contributed by atoms with Crippen LogP contribution in [-0.4, -0.2) is 20.8 Å². The maximum Gasteiger partial charge on any atom is 0.246 e. The molecule has 1 atom stereocenters. The molecule has 0 amide bonds. The minimum absolute atomic E-state index is 0.122. The van der Waals surface area contributed by atoms with Gasteiger partial charge in [0.25, 0.3) is 0 Å². The van der Waals surface area contributed by atoms with Crippen LogP contribution in [0.15, 0.2) is 72.1 Å². The summed E-state index contributed by atoms with van der Waals surface area (Å²) in [5, 5.41) is 25.5. The van der Waals surface area contributed by atoms with Crippen molar-refractivity contribution in [3.8, 4) is 11.8 Å². The predicted molar refractivity (Wildman–Crippen MR) is 97.7 cm³/mol. The second-order valence-corrected chi connectivity index (χ2v) is 5.95. The smallest absolute Gasteiger partial charge is 0.246 e. The van der Waals surface area contributed by atoms with E-state index in [9.17, 15) is 10.4 Å². The lowest BCUT2D eigenvalue weighted by molar-refractivity contribution is 0.475. The number of nitriles is 1. The third-order valence-corrected chi connectivity index (χ3v) is 4.25. The molecule has 1 N–H and O–H groups in total. The first kappa shape index (κ1) is 15.8. The number of hydrazone groups is 1. The molecular weight excluding hydrogens is 326 g/mol. The van der Waals surface area contributed by atoms with Crippen LogP contribution in [0.25, 0.3) is 0 Å². The molecule has 6 nitrogen and oxygen atoms in total. The predicted octanol–water partition coefficient (Wildman–Crippen LogP) is 3.41. The van der Waals surface area contributed by atoms with E-state index in [2.05, 4.69) is 16.0 Å². The molecule has 0 aliphatic carbocycles. The van der Waals surface area contributed by atoms with E-state index in [-0.39, 0.29) is 11.8 Å². The Kier molecular flexibility index (Phi) is 4.04. The van der Waals surface area contributed by atoms with E-state index in [1.54, 1.807) is 47.7 Å². The van der Waals surface area contributed by atoms with Gasteiger partial charge in [-0.1, -0.05) is 24.3 Å². The monoisotopic (exact) mass is 341 g/mol. The van der Waals surface area contributed by atoms with E-state index in [1.165, 1.54) is 0 Å². The number of benzene rings is 2. The van der Waals surface area contributed by atoms with Crippen molar-refractivity contribution in [2.45, 2.75) is 12.5 Å². The Morgan fingerprint density at radius 2 is 1.85 bits per heavy atom. The molecule has 0 radical (unpaired) electrons. The first-order valence-electron chi connectivity index (χ1n) is 8.18. The molecule has 1 aliphatic rings. The van der Waals surface area contributed by atoms with Gasteiger partial charge < -0.3 is 5.11 Å². The maximum absolute atomic E-state index is 9.78. The number of hydrogen-bond acceptors (Lipinski definition) is 6. The van der Waals surface area contributed by atoms with Crippen LogP contribution < -0.4 is 5.01 Å². The van der Waals surface area contributed by atoms with Crippen molar-refractivity contribution in [3.05, 3.63) is 83.7 Å². The molecule has 0 saturated heterocycles. The van der Waals surface area contributed by atoms with Crippen LogP contribution in [0.2, 0.25) is 0 Å². The third-order valence-electron chi connectivity index (χ3n) is 4.25. The maximum atomic E-state index is 9.78. The highest BCUT2D eigenvalue weighted by Crippen LogP contribution is 2.35. The third kappa shape index (κ3) is 2.98. The van der Waals surface area contributed by atoms with Gasteiger partial charge in [0.2, 0.25) is 5.95 Å². The standard InChI is InChI=1S/C20H15N5O/c21-13-14-4-1-6-16(10-14)19-12-18(15-5-2-7-17(26)11-15)24-25(19)20-22-8-3-9-23-20/h1-11,19,26H,12H2. The molecule has 4 rings (SSSR count). The summed E-state index contributed by atoms with van der Waals surface area (Å²) in [5.74, 6) is 0.692. The number of phenols is 1. The Labute approximate surface area is 150 Å². The van der Waals surface area contributed by atoms with Crippen molar-refractivity contribution < 1.29 is 5.11 Å². The fraction of sp³-hybridized carbons (Fsp3) is 0.100. The number of phenolic OH excluding ortho intramolecular Hbond substituents is 1. The average Bonchev–Trinajstić information content (AvgIpc) is 3.14. The van der Waals surface area contributed by atoms with Gasteiger partial charge in [-0.25, -0.2) is 15.0 Å². The lowest BCUT2D eigenvalue weighted by Gasteiger charge is -2.21. The molecule has 0 fully saturated rings. The highest BCUT2D eigenvalue weighted by molar-refractivity contribution is 6.03. The highest BCUT2D eigenvalue weighted by atomic mass is 16.3. The Morgan fingerprint density at radius 1 is 1.04 bits per heavy atom. The van der Waals surface area contributed by atoms with Crippen molar-refractivity contribution >= 4 is 11.7 Å². The second-order valence-electron chi connectivity index (χ2n) is 5.95. The largest absolute Gasteiger partial charge is 0.508 e. The van der Waals surface area contributed by atoms with Crippen LogP contribution in [0.5, 0.6) is 5.75 Å². The summed E-state index contributed by atoms with van der Waals surface area (Å²) in [6, 6.07) is 18.3. The molecule has 126 valence electrons. The van der Waals surface area contributed by atoms with Crippen LogP contribution in [0.3, 0.4) is 0 Å². The summed E-state index contributed by atoms with van der Waals surface area (Å²) >= 11 is 0. The molecule has 1 unspecified atom stereocenters. The Bertz CT molecular complexity index is 1010. The molecule has 0 saturated carbocycles. The first-order chi connectivity index (χ1) is 12.7. The highest BCUT2D eigenvalue weighted by Gasteiger charge is 2.31. The number of aromatic nitrogens is 2. The number of rotatable bonds is 3. The van der Waals surface area contributed by atoms with Gasteiger partial charge in [-0.15, -0.1) is 0 Å². The number of nitrogens with zero attached hydrogens (tertiary/aromatic N) is 5. The summed E-state index contributed by atoms with van der Waals surface area (Å²) < 4.78 is 0. The lowest BCUT2D eigenvalue weighted by Crippen LogP contribution is -2.20. The molecule has 1 aromatic heterocycles. The fourth-order valence-electron chi connectivity index (χ4n) is 3.04.